The molecule has 1 aliphatic heterocycles. The standard InChI is InChI=1S/C17H23N3OS/c1-3-19-13-5-4-6-15(13)22-16-8-7-14-12(9-10-21-14)17(16)20-11-18-2/h3,7-8,11,13,15,19H,1,4-6,9-10H2,2H3,(H,18,20). The average molecular weight is 317 g/mol. The van der Waals surface area contributed by atoms with Crippen LogP contribution in [0.25, 0.3) is 0 Å². The van der Waals surface area contributed by atoms with E-state index in [9.17, 15) is 0 Å². The number of hydrogen-bond acceptors (Lipinski definition) is 4. The average Bonchev–Trinajstić information content (AvgIpc) is 3.16. The Kier molecular flexibility index (Phi) is 4.93. The zero-order valence-corrected chi connectivity index (χ0v) is 13.8. The van der Waals surface area contributed by atoms with Crippen LogP contribution >= 0.6 is 11.8 Å². The first-order valence-electron chi connectivity index (χ1n) is 7.85. The Balaban J connectivity index is 1.86. The van der Waals surface area contributed by atoms with E-state index in [1.165, 1.54) is 29.7 Å². The van der Waals surface area contributed by atoms with E-state index in [-0.39, 0.29) is 0 Å². The van der Waals surface area contributed by atoms with Gasteiger partial charge in [-0.05, 0) is 31.2 Å². The minimum atomic E-state index is 0.508. The molecule has 4 nitrogen and oxygen atoms in total. The molecule has 118 valence electrons. The van der Waals surface area contributed by atoms with Crippen LogP contribution in [-0.4, -0.2) is 31.3 Å². The third kappa shape index (κ3) is 3.09. The van der Waals surface area contributed by atoms with E-state index in [1.807, 2.05) is 25.0 Å². The molecule has 0 amide bonds. The fourth-order valence-electron chi connectivity index (χ4n) is 3.17. The Morgan fingerprint density at radius 3 is 3.14 bits per heavy atom. The maximum Gasteiger partial charge on any atom is 0.124 e. The number of aliphatic imine (C=N–C) groups is 1. The molecule has 5 heteroatoms. The summed E-state index contributed by atoms with van der Waals surface area (Å²) in [6, 6.07) is 4.75. The summed E-state index contributed by atoms with van der Waals surface area (Å²) >= 11 is 1.93. The van der Waals surface area contributed by atoms with E-state index >= 15 is 0 Å². The molecule has 1 aliphatic carbocycles. The lowest BCUT2D eigenvalue weighted by molar-refractivity contribution is 0.357. The molecule has 3 rings (SSSR count). The van der Waals surface area contributed by atoms with Crippen molar-refractivity contribution in [2.24, 2.45) is 4.99 Å². The first-order chi connectivity index (χ1) is 10.8. The van der Waals surface area contributed by atoms with Crippen molar-refractivity contribution in [3.8, 4) is 5.75 Å². The largest absolute Gasteiger partial charge is 0.493 e. The van der Waals surface area contributed by atoms with E-state index in [0.29, 0.717) is 11.3 Å². The van der Waals surface area contributed by atoms with Crippen LogP contribution in [0.3, 0.4) is 0 Å². The summed E-state index contributed by atoms with van der Waals surface area (Å²) in [5.41, 5.74) is 2.31. The van der Waals surface area contributed by atoms with Gasteiger partial charge in [-0.2, -0.15) is 0 Å². The first-order valence-corrected chi connectivity index (χ1v) is 8.73. The molecule has 2 aliphatic rings. The summed E-state index contributed by atoms with van der Waals surface area (Å²) in [5.74, 6) is 0.986. The number of nitrogens with one attached hydrogen (secondary N) is 2. The molecule has 0 saturated heterocycles. The van der Waals surface area contributed by atoms with E-state index in [1.54, 1.807) is 6.34 Å². The minimum Gasteiger partial charge on any atom is -0.493 e. The monoisotopic (exact) mass is 317 g/mol. The second-order valence-corrected chi connectivity index (χ2v) is 6.88. The third-order valence-corrected chi connectivity index (χ3v) is 5.65. The van der Waals surface area contributed by atoms with E-state index in [2.05, 4.69) is 34.3 Å². The molecule has 1 aromatic rings. The molecule has 2 atom stereocenters. The highest BCUT2D eigenvalue weighted by atomic mass is 32.2. The van der Waals surface area contributed by atoms with Crippen molar-refractivity contribution in [3.63, 3.8) is 0 Å². The van der Waals surface area contributed by atoms with E-state index in [4.69, 9.17) is 4.74 Å². The summed E-state index contributed by atoms with van der Waals surface area (Å²) in [7, 11) is 1.87. The molecular weight excluding hydrogens is 294 g/mol. The van der Waals surface area contributed by atoms with Gasteiger partial charge in [0.15, 0.2) is 0 Å². The van der Waals surface area contributed by atoms with Gasteiger partial charge in [0, 0.05) is 35.2 Å². The van der Waals surface area contributed by atoms with Crippen LogP contribution in [-0.2, 0) is 6.42 Å². The molecule has 1 heterocycles. The van der Waals surface area contributed by atoms with Gasteiger partial charge in [0.25, 0.3) is 0 Å². The van der Waals surface area contributed by atoms with Gasteiger partial charge in [-0.1, -0.05) is 13.0 Å². The molecule has 0 bridgehead atoms. The molecule has 2 unspecified atom stereocenters. The second-order valence-electron chi connectivity index (χ2n) is 5.60. The molecule has 1 fully saturated rings. The van der Waals surface area contributed by atoms with Crippen LogP contribution in [0.5, 0.6) is 5.75 Å². The maximum atomic E-state index is 5.67. The summed E-state index contributed by atoms with van der Waals surface area (Å²) in [6.07, 6.45) is 8.24. The van der Waals surface area contributed by atoms with Gasteiger partial charge in [0.1, 0.15) is 5.75 Å². The SMILES string of the molecule is C=CNC1CCCC1Sc1ccc2c(c1/N=C/NC)CCO2. The van der Waals surface area contributed by atoms with Gasteiger partial charge in [0.2, 0.25) is 0 Å². The van der Waals surface area contributed by atoms with Crippen molar-refractivity contribution < 1.29 is 4.74 Å². The van der Waals surface area contributed by atoms with Crippen molar-refractivity contribution >= 4 is 23.8 Å². The van der Waals surface area contributed by atoms with E-state index in [0.717, 1.165) is 24.5 Å². The maximum absolute atomic E-state index is 5.67. The molecule has 2 N–H and O–H groups in total. The molecule has 1 saturated carbocycles. The molecule has 22 heavy (non-hydrogen) atoms. The zero-order chi connectivity index (χ0) is 15.4. The number of thioether (sulfide) groups is 1. The van der Waals surface area contributed by atoms with Crippen LogP contribution in [0.15, 0.2) is 34.8 Å². The predicted molar refractivity (Wildman–Crippen MR) is 93.5 cm³/mol. The lowest BCUT2D eigenvalue weighted by Crippen LogP contribution is -2.29. The minimum absolute atomic E-state index is 0.508. The van der Waals surface area contributed by atoms with Crippen molar-refractivity contribution in [3.05, 3.63) is 30.5 Å². The van der Waals surface area contributed by atoms with Crippen molar-refractivity contribution in [2.75, 3.05) is 13.7 Å². The molecular formula is C17H23N3OS. The number of ether oxygens (including phenoxy) is 1. The Bertz CT molecular complexity index is 573. The highest BCUT2D eigenvalue weighted by Crippen LogP contribution is 2.44. The van der Waals surface area contributed by atoms with Gasteiger partial charge in [-0.25, -0.2) is 4.99 Å². The van der Waals surface area contributed by atoms with Crippen LogP contribution < -0.4 is 15.4 Å². The summed E-state index contributed by atoms with van der Waals surface area (Å²) < 4.78 is 5.67. The Hall–Kier alpha value is -1.62. The molecule has 1 aromatic carbocycles. The lowest BCUT2D eigenvalue weighted by Gasteiger charge is -2.20. The van der Waals surface area contributed by atoms with Crippen LogP contribution in [0, 0.1) is 0 Å². The van der Waals surface area contributed by atoms with Crippen molar-refractivity contribution in [1.29, 1.82) is 0 Å². The summed E-state index contributed by atoms with van der Waals surface area (Å²) in [5, 5.41) is 6.96. The number of nitrogens with zero attached hydrogens (tertiary/aromatic N) is 1. The summed E-state index contributed by atoms with van der Waals surface area (Å²) in [4.78, 5) is 5.88. The highest BCUT2D eigenvalue weighted by Gasteiger charge is 2.29. The highest BCUT2D eigenvalue weighted by molar-refractivity contribution is 8.00. The predicted octanol–water partition coefficient (Wildman–Crippen LogP) is 3.25. The number of benzene rings is 1. The fourth-order valence-corrected chi connectivity index (χ4v) is 4.60. The number of fused-ring (bicyclic) bond motifs is 1. The molecule has 0 spiro atoms. The lowest BCUT2D eigenvalue weighted by atomic mass is 10.1. The van der Waals surface area contributed by atoms with Gasteiger partial charge >= 0.3 is 0 Å². The molecule has 0 radical (unpaired) electrons. The molecule has 0 aromatic heterocycles. The van der Waals surface area contributed by atoms with Crippen LogP contribution in [0.1, 0.15) is 24.8 Å². The Morgan fingerprint density at radius 2 is 2.32 bits per heavy atom. The van der Waals surface area contributed by atoms with Crippen molar-refractivity contribution in [2.45, 2.75) is 41.9 Å². The van der Waals surface area contributed by atoms with Crippen molar-refractivity contribution in [1.82, 2.24) is 10.6 Å². The fraction of sp³-hybridized carbons (Fsp3) is 0.471. The normalized spacial score (nSPS) is 23.3. The van der Waals surface area contributed by atoms with E-state index < -0.39 is 0 Å². The quantitative estimate of drug-likeness (QED) is 0.624. The topological polar surface area (TPSA) is 45.7 Å². The summed E-state index contributed by atoms with van der Waals surface area (Å²) in [6.45, 7) is 4.56. The number of hydrogen-bond donors (Lipinski definition) is 2. The van der Waals surface area contributed by atoms with Gasteiger partial charge in [0.05, 0.1) is 18.6 Å². The van der Waals surface area contributed by atoms with Crippen LogP contribution in [0.2, 0.25) is 0 Å². The zero-order valence-electron chi connectivity index (χ0n) is 13.0. The van der Waals surface area contributed by atoms with Gasteiger partial charge < -0.3 is 15.4 Å². The van der Waals surface area contributed by atoms with Gasteiger partial charge in [-0.15, -0.1) is 11.8 Å². The van der Waals surface area contributed by atoms with Crippen LogP contribution in [0.4, 0.5) is 5.69 Å². The third-order valence-electron chi connectivity index (χ3n) is 4.20. The first kappa shape index (κ1) is 15.3. The number of rotatable bonds is 6. The second kappa shape index (κ2) is 7.09. The Labute approximate surface area is 136 Å². The Morgan fingerprint density at radius 1 is 1.41 bits per heavy atom. The smallest absolute Gasteiger partial charge is 0.124 e. The van der Waals surface area contributed by atoms with Gasteiger partial charge in [-0.3, -0.25) is 0 Å².